The Bertz CT molecular complexity index is 797. The minimum atomic E-state index is -1.07. The summed E-state index contributed by atoms with van der Waals surface area (Å²) in [6.07, 6.45) is 0. The fourth-order valence-corrected chi connectivity index (χ4v) is 1.91. The zero-order valence-electron chi connectivity index (χ0n) is 10.7. The molecule has 0 saturated carbocycles. The van der Waals surface area contributed by atoms with Crippen LogP contribution in [0, 0.1) is 5.82 Å². The smallest absolute Gasteiger partial charge is 0.336 e. The highest BCUT2D eigenvalue weighted by Gasteiger charge is 2.16. The Morgan fingerprint density at radius 1 is 1.10 bits per heavy atom. The lowest BCUT2D eigenvalue weighted by Crippen LogP contribution is -1.99. The number of carboxylic acid groups (broad SMARTS) is 1. The van der Waals surface area contributed by atoms with Crippen LogP contribution >= 0.6 is 0 Å². The van der Waals surface area contributed by atoms with E-state index < -0.39 is 5.97 Å². The van der Waals surface area contributed by atoms with Gasteiger partial charge in [-0.3, -0.25) is 0 Å². The van der Waals surface area contributed by atoms with Gasteiger partial charge >= 0.3 is 5.97 Å². The molecule has 0 radical (unpaired) electrons. The highest BCUT2D eigenvalue weighted by Crippen LogP contribution is 2.24. The molecule has 1 N–H and O–H groups in total. The van der Waals surface area contributed by atoms with Crippen LogP contribution in [0.1, 0.15) is 10.4 Å². The van der Waals surface area contributed by atoms with Gasteiger partial charge in [0.05, 0.1) is 5.56 Å². The molecule has 0 amide bonds. The van der Waals surface area contributed by atoms with Crippen molar-refractivity contribution < 1.29 is 18.8 Å². The lowest BCUT2D eigenvalue weighted by Gasteiger charge is -1.99. The minimum Gasteiger partial charge on any atom is -0.478 e. The van der Waals surface area contributed by atoms with E-state index in [1.807, 2.05) is 0 Å². The van der Waals surface area contributed by atoms with Crippen LogP contribution in [-0.2, 0) is 0 Å². The molecule has 1 heterocycles. The quantitative estimate of drug-likeness (QED) is 0.799. The molecule has 3 rings (SSSR count). The molecule has 0 aliphatic heterocycles. The van der Waals surface area contributed by atoms with Crippen molar-refractivity contribution in [3.63, 3.8) is 0 Å². The fourth-order valence-electron chi connectivity index (χ4n) is 1.91. The van der Waals surface area contributed by atoms with Crippen molar-refractivity contribution >= 4 is 5.97 Å². The fraction of sp³-hybridized carbons (Fsp3) is 0. The third-order valence-electron chi connectivity index (χ3n) is 2.92. The van der Waals surface area contributed by atoms with E-state index in [0.717, 1.165) is 0 Å². The highest BCUT2D eigenvalue weighted by atomic mass is 19.1. The van der Waals surface area contributed by atoms with Crippen molar-refractivity contribution in [2.45, 2.75) is 0 Å². The Morgan fingerprint density at radius 3 is 2.52 bits per heavy atom. The van der Waals surface area contributed by atoms with Gasteiger partial charge in [0.2, 0.25) is 5.82 Å². The maximum absolute atomic E-state index is 12.9. The van der Waals surface area contributed by atoms with Gasteiger partial charge in [0.15, 0.2) is 0 Å². The SMILES string of the molecule is O=C(O)c1ccccc1-c1noc(-c2ccc(F)cc2)n1. The van der Waals surface area contributed by atoms with Crippen LogP contribution in [0.3, 0.4) is 0 Å². The van der Waals surface area contributed by atoms with E-state index in [0.29, 0.717) is 11.1 Å². The largest absolute Gasteiger partial charge is 0.478 e. The third-order valence-corrected chi connectivity index (χ3v) is 2.92. The summed E-state index contributed by atoms with van der Waals surface area (Å²) in [7, 11) is 0. The van der Waals surface area contributed by atoms with Crippen molar-refractivity contribution in [1.29, 1.82) is 0 Å². The summed E-state index contributed by atoms with van der Waals surface area (Å²) < 4.78 is 18.0. The van der Waals surface area contributed by atoms with Gasteiger partial charge in [0.25, 0.3) is 5.89 Å². The van der Waals surface area contributed by atoms with E-state index in [9.17, 15) is 9.18 Å². The van der Waals surface area contributed by atoms with Crippen molar-refractivity contribution in [3.8, 4) is 22.8 Å². The molecule has 0 fully saturated rings. The van der Waals surface area contributed by atoms with Gasteiger partial charge in [-0.15, -0.1) is 0 Å². The van der Waals surface area contributed by atoms with Gasteiger partial charge in [0, 0.05) is 11.1 Å². The molecule has 104 valence electrons. The van der Waals surface area contributed by atoms with Gasteiger partial charge in [-0.2, -0.15) is 4.98 Å². The standard InChI is InChI=1S/C15H9FN2O3/c16-10-7-5-9(6-8-10)14-17-13(18-21-14)11-3-1-2-4-12(11)15(19)20/h1-8H,(H,19,20). The number of aromatic nitrogens is 2. The van der Waals surface area contributed by atoms with Gasteiger partial charge < -0.3 is 9.63 Å². The van der Waals surface area contributed by atoms with E-state index >= 15 is 0 Å². The lowest BCUT2D eigenvalue weighted by molar-refractivity contribution is 0.0697. The van der Waals surface area contributed by atoms with Crippen molar-refractivity contribution in [1.82, 2.24) is 10.1 Å². The number of carboxylic acids is 1. The summed E-state index contributed by atoms with van der Waals surface area (Å²) in [4.78, 5) is 15.3. The van der Waals surface area contributed by atoms with Crippen LogP contribution in [0.15, 0.2) is 53.1 Å². The molecule has 0 atom stereocenters. The third kappa shape index (κ3) is 2.51. The highest BCUT2D eigenvalue weighted by molar-refractivity contribution is 5.94. The van der Waals surface area contributed by atoms with Gasteiger partial charge in [-0.05, 0) is 30.3 Å². The predicted octanol–water partition coefficient (Wildman–Crippen LogP) is 3.24. The number of hydrogen-bond acceptors (Lipinski definition) is 4. The second kappa shape index (κ2) is 5.16. The van der Waals surface area contributed by atoms with Gasteiger partial charge in [0.1, 0.15) is 5.82 Å². The molecule has 21 heavy (non-hydrogen) atoms. The number of nitrogens with zero attached hydrogens (tertiary/aromatic N) is 2. The average Bonchev–Trinajstić information content (AvgIpc) is 2.97. The number of carbonyl (C=O) groups is 1. The van der Waals surface area contributed by atoms with Crippen LogP contribution in [0.4, 0.5) is 4.39 Å². The topological polar surface area (TPSA) is 76.2 Å². The first-order chi connectivity index (χ1) is 10.1. The molecule has 0 bridgehead atoms. The van der Waals surface area contributed by atoms with Crippen LogP contribution in [-0.4, -0.2) is 21.2 Å². The Hall–Kier alpha value is -3.02. The summed E-state index contributed by atoms with van der Waals surface area (Å²) in [5.41, 5.74) is 1.01. The summed E-state index contributed by atoms with van der Waals surface area (Å²) in [5.74, 6) is -1.06. The first kappa shape index (κ1) is 13.0. The minimum absolute atomic E-state index is 0.0870. The molecule has 0 aliphatic carbocycles. The molecular weight excluding hydrogens is 275 g/mol. The summed E-state index contributed by atoms with van der Waals surface area (Å²) in [6, 6.07) is 12.0. The summed E-state index contributed by atoms with van der Waals surface area (Å²) >= 11 is 0. The molecule has 2 aromatic carbocycles. The van der Waals surface area contributed by atoms with E-state index in [-0.39, 0.29) is 23.1 Å². The van der Waals surface area contributed by atoms with Gasteiger partial charge in [-0.1, -0.05) is 23.4 Å². The number of hydrogen-bond donors (Lipinski definition) is 1. The van der Waals surface area contributed by atoms with Crippen molar-refractivity contribution in [2.24, 2.45) is 0 Å². The molecular formula is C15H9FN2O3. The van der Waals surface area contributed by atoms with E-state index in [1.165, 1.54) is 30.3 Å². The normalized spacial score (nSPS) is 10.5. The molecule has 0 aliphatic rings. The van der Waals surface area contributed by atoms with E-state index in [2.05, 4.69) is 10.1 Å². The molecule has 5 nitrogen and oxygen atoms in total. The second-order valence-electron chi connectivity index (χ2n) is 4.28. The summed E-state index contributed by atoms with van der Waals surface area (Å²) in [5, 5.41) is 12.9. The van der Waals surface area contributed by atoms with Gasteiger partial charge in [-0.25, -0.2) is 9.18 Å². The van der Waals surface area contributed by atoms with E-state index in [4.69, 9.17) is 9.63 Å². The molecule has 1 aromatic heterocycles. The maximum atomic E-state index is 12.9. The Labute approximate surface area is 118 Å². The zero-order valence-corrected chi connectivity index (χ0v) is 10.7. The van der Waals surface area contributed by atoms with Crippen molar-refractivity contribution in [3.05, 3.63) is 59.9 Å². The first-order valence-electron chi connectivity index (χ1n) is 6.07. The monoisotopic (exact) mass is 284 g/mol. The van der Waals surface area contributed by atoms with Crippen LogP contribution < -0.4 is 0 Å². The molecule has 0 saturated heterocycles. The second-order valence-corrected chi connectivity index (χ2v) is 4.28. The predicted molar refractivity (Wildman–Crippen MR) is 72.1 cm³/mol. The number of benzene rings is 2. The average molecular weight is 284 g/mol. The van der Waals surface area contributed by atoms with E-state index in [1.54, 1.807) is 18.2 Å². The van der Waals surface area contributed by atoms with Crippen LogP contribution in [0.25, 0.3) is 22.8 Å². The first-order valence-corrected chi connectivity index (χ1v) is 6.07. The number of aromatic carboxylic acids is 1. The zero-order chi connectivity index (χ0) is 14.8. The van der Waals surface area contributed by atoms with Crippen molar-refractivity contribution in [2.75, 3.05) is 0 Å². The van der Waals surface area contributed by atoms with Crippen LogP contribution in [0.5, 0.6) is 0 Å². The lowest BCUT2D eigenvalue weighted by atomic mass is 10.1. The summed E-state index contributed by atoms with van der Waals surface area (Å²) in [6.45, 7) is 0. The Morgan fingerprint density at radius 2 is 1.81 bits per heavy atom. The number of halogens is 1. The Balaban J connectivity index is 2.03. The maximum Gasteiger partial charge on any atom is 0.336 e. The molecule has 0 unspecified atom stereocenters. The molecule has 3 aromatic rings. The van der Waals surface area contributed by atoms with Crippen LogP contribution in [0.2, 0.25) is 0 Å². The number of rotatable bonds is 3. The Kier molecular flexibility index (Phi) is 3.19. The molecule has 6 heteroatoms. The molecule has 0 spiro atoms.